The highest BCUT2D eigenvalue weighted by molar-refractivity contribution is 7.09. The molecule has 1 amide bonds. The Kier molecular flexibility index (Phi) is 4.58. The van der Waals surface area contributed by atoms with E-state index in [1.165, 1.54) is 4.88 Å². The highest BCUT2D eigenvalue weighted by Crippen LogP contribution is 2.21. The molecule has 0 spiro atoms. The molecule has 1 aromatic rings. The molecule has 2 rings (SSSR count). The van der Waals surface area contributed by atoms with E-state index in [2.05, 4.69) is 0 Å². The van der Waals surface area contributed by atoms with Crippen molar-refractivity contribution < 1.29 is 14.7 Å². The smallest absolute Gasteiger partial charge is 0.306 e. The molecule has 1 saturated heterocycles. The van der Waals surface area contributed by atoms with Crippen LogP contribution in [0.5, 0.6) is 0 Å². The minimum absolute atomic E-state index is 0.0278. The lowest BCUT2D eigenvalue weighted by Gasteiger charge is -2.32. The van der Waals surface area contributed by atoms with E-state index >= 15 is 0 Å². The fourth-order valence-electron chi connectivity index (χ4n) is 2.48. The topological polar surface area (TPSA) is 57.6 Å². The summed E-state index contributed by atoms with van der Waals surface area (Å²) in [5, 5.41) is 11.0. The Morgan fingerprint density at radius 3 is 2.68 bits per heavy atom. The monoisotopic (exact) mass is 281 g/mol. The Labute approximate surface area is 117 Å². The molecular formula is C14H19NO3S. The number of thiophene rings is 1. The molecule has 0 bridgehead atoms. The zero-order valence-corrected chi connectivity index (χ0v) is 11.9. The lowest BCUT2D eigenvalue weighted by Crippen LogP contribution is -2.42. The maximum Gasteiger partial charge on any atom is 0.306 e. The SMILES string of the molecule is C[C@H](Cc1cccs1)C(=O)N1CCC(C(=O)O)CC1. The Morgan fingerprint density at radius 2 is 2.16 bits per heavy atom. The summed E-state index contributed by atoms with van der Waals surface area (Å²) >= 11 is 1.67. The van der Waals surface area contributed by atoms with E-state index in [0.29, 0.717) is 25.9 Å². The van der Waals surface area contributed by atoms with Gasteiger partial charge in [0.05, 0.1) is 5.92 Å². The van der Waals surface area contributed by atoms with E-state index in [4.69, 9.17) is 5.11 Å². The number of nitrogens with zero attached hydrogens (tertiary/aromatic N) is 1. The van der Waals surface area contributed by atoms with Crippen LogP contribution in [0.25, 0.3) is 0 Å². The summed E-state index contributed by atoms with van der Waals surface area (Å²) in [6.45, 7) is 3.10. The number of carbonyl (C=O) groups is 2. The van der Waals surface area contributed by atoms with Gasteiger partial charge in [-0.3, -0.25) is 9.59 Å². The predicted octanol–water partition coefficient (Wildman–Crippen LogP) is 2.25. The Hall–Kier alpha value is -1.36. The molecule has 2 heterocycles. The third kappa shape index (κ3) is 3.56. The third-order valence-corrected chi connectivity index (χ3v) is 4.56. The van der Waals surface area contributed by atoms with Gasteiger partial charge in [-0.1, -0.05) is 13.0 Å². The maximum absolute atomic E-state index is 12.3. The summed E-state index contributed by atoms with van der Waals surface area (Å²) in [4.78, 5) is 26.2. The molecule has 1 aliphatic heterocycles. The second-order valence-electron chi connectivity index (χ2n) is 5.12. The number of likely N-dealkylation sites (tertiary alicyclic amines) is 1. The largest absolute Gasteiger partial charge is 0.481 e. The van der Waals surface area contributed by atoms with Crippen molar-refractivity contribution in [3.63, 3.8) is 0 Å². The number of carboxylic acids is 1. The summed E-state index contributed by atoms with van der Waals surface area (Å²) in [5.41, 5.74) is 0. The molecule has 0 radical (unpaired) electrons. The molecule has 104 valence electrons. The zero-order chi connectivity index (χ0) is 13.8. The summed E-state index contributed by atoms with van der Waals surface area (Å²) in [7, 11) is 0. The van der Waals surface area contributed by atoms with E-state index in [0.717, 1.165) is 6.42 Å². The van der Waals surface area contributed by atoms with Crippen molar-refractivity contribution in [1.82, 2.24) is 4.90 Å². The first-order valence-corrected chi connectivity index (χ1v) is 7.50. The van der Waals surface area contributed by atoms with E-state index < -0.39 is 5.97 Å². The highest BCUT2D eigenvalue weighted by atomic mass is 32.1. The predicted molar refractivity (Wildman–Crippen MR) is 74.1 cm³/mol. The van der Waals surface area contributed by atoms with Crippen LogP contribution in [0.2, 0.25) is 0 Å². The van der Waals surface area contributed by atoms with Crippen LogP contribution >= 0.6 is 11.3 Å². The number of hydrogen-bond donors (Lipinski definition) is 1. The molecule has 5 heteroatoms. The first-order chi connectivity index (χ1) is 9.08. The number of hydrogen-bond acceptors (Lipinski definition) is 3. The molecular weight excluding hydrogens is 262 g/mol. The van der Waals surface area contributed by atoms with Crippen LogP contribution in [0.4, 0.5) is 0 Å². The molecule has 1 aromatic heterocycles. The lowest BCUT2D eigenvalue weighted by atomic mass is 9.95. The molecule has 0 aliphatic carbocycles. The Morgan fingerprint density at radius 1 is 1.47 bits per heavy atom. The van der Waals surface area contributed by atoms with Gasteiger partial charge in [-0.15, -0.1) is 11.3 Å². The minimum Gasteiger partial charge on any atom is -0.481 e. The van der Waals surface area contributed by atoms with Gasteiger partial charge < -0.3 is 10.0 Å². The van der Waals surface area contributed by atoms with Crippen molar-refractivity contribution in [3.05, 3.63) is 22.4 Å². The van der Waals surface area contributed by atoms with Crippen molar-refractivity contribution in [2.45, 2.75) is 26.2 Å². The summed E-state index contributed by atoms with van der Waals surface area (Å²) in [5.74, 6) is -0.896. The van der Waals surface area contributed by atoms with Crippen LogP contribution in [0.1, 0.15) is 24.6 Å². The normalized spacial score (nSPS) is 18.3. The average molecular weight is 281 g/mol. The number of aliphatic carboxylic acids is 1. The Balaban J connectivity index is 1.85. The Bertz CT molecular complexity index is 436. The first-order valence-electron chi connectivity index (χ1n) is 6.62. The van der Waals surface area contributed by atoms with Gasteiger partial charge in [0.25, 0.3) is 0 Å². The molecule has 0 saturated carbocycles. The maximum atomic E-state index is 12.3. The number of carbonyl (C=O) groups excluding carboxylic acids is 1. The van der Waals surface area contributed by atoms with E-state index in [1.54, 1.807) is 11.3 Å². The quantitative estimate of drug-likeness (QED) is 0.921. The second kappa shape index (κ2) is 6.19. The van der Waals surface area contributed by atoms with Crippen LogP contribution in [-0.2, 0) is 16.0 Å². The van der Waals surface area contributed by atoms with Gasteiger partial charge in [0.15, 0.2) is 0 Å². The van der Waals surface area contributed by atoms with Gasteiger partial charge in [0.2, 0.25) is 5.91 Å². The van der Waals surface area contributed by atoms with E-state index in [1.807, 2.05) is 29.3 Å². The van der Waals surface area contributed by atoms with E-state index in [9.17, 15) is 9.59 Å². The van der Waals surface area contributed by atoms with Crippen molar-refractivity contribution in [1.29, 1.82) is 0 Å². The lowest BCUT2D eigenvalue weighted by molar-refractivity contribution is -0.146. The molecule has 0 aromatic carbocycles. The fraction of sp³-hybridized carbons (Fsp3) is 0.571. The van der Waals surface area contributed by atoms with E-state index in [-0.39, 0.29) is 17.7 Å². The van der Waals surface area contributed by atoms with Gasteiger partial charge >= 0.3 is 5.97 Å². The minimum atomic E-state index is -0.737. The van der Waals surface area contributed by atoms with Crippen molar-refractivity contribution in [2.24, 2.45) is 11.8 Å². The molecule has 19 heavy (non-hydrogen) atoms. The average Bonchev–Trinajstić information content (AvgIpc) is 2.90. The summed E-state index contributed by atoms with van der Waals surface area (Å²) < 4.78 is 0. The van der Waals surface area contributed by atoms with Gasteiger partial charge in [-0.25, -0.2) is 0 Å². The summed E-state index contributed by atoms with van der Waals surface area (Å²) in [6.07, 6.45) is 1.93. The van der Waals surface area contributed by atoms with Crippen LogP contribution in [0.15, 0.2) is 17.5 Å². The summed E-state index contributed by atoms with van der Waals surface area (Å²) in [6, 6.07) is 4.04. The van der Waals surface area contributed by atoms with Crippen LogP contribution in [0.3, 0.4) is 0 Å². The molecule has 4 nitrogen and oxygen atoms in total. The molecule has 1 aliphatic rings. The fourth-order valence-corrected chi connectivity index (χ4v) is 3.31. The highest BCUT2D eigenvalue weighted by Gasteiger charge is 2.29. The first kappa shape index (κ1) is 14.1. The number of piperidine rings is 1. The van der Waals surface area contributed by atoms with Crippen LogP contribution in [-0.4, -0.2) is 35.0 Å². The molecule has 1 fully saturated rings. The van der Waals surface area contributed by atoms with Gasteiger partial charge in [0, 0.05) is 23.9 Å². The van der Waals surface area contributed by atoms with Crippen molar-refractivity contribution in [2.75, 3.05) is 13.1 Å². The van der Waals surface area contributed by atoms with Crippen LogP contribution < -0.4 is 0 Å². The number of amides is 1. The second-order valence-corrected chi connectivity index (χ2v) is 6.15. The van der Waals surface area contributed by atoms with Gasteiger partial charge in [-0.05, 0) is 30.7 Å². The standard InChI is InChI=1S/C14H19NO3S/c1-10(9-12-3-2-8-19-12)13(16)15-6-4-11(5-7-15)14(17)18/h2-3,8,10-11H,4-7,9H2,1H3,(H,17,18)/t10-/m1/s1. The molecule has 0 unspecified atom stereocenters. The van der Waals surface area contributed by atoms with Crippen molar-refractivity contribution in [3.8, 4) is 0 Å². The third-order valence-electron chi connectivity index (χ3n) is 3.66. The zero-order valence-electron chi connectivity index (χ0n) is 11.0. The number of rotatable bonds is 4. The van der Waals surface area contributed by atoms with Gasteiger partial charge in [0.1, 0.15) is 0 Å². The van der Waals surface area contributed by atoms with Crippen molar-refractivity contribution >= 4 is 23.2 Å². The number of carboxylic acid groups (broad SMARTS) is 1. The molecule has 1 N–H and O–H groups in total. The van der Waals surface area contributed by atoms with Crippen LogP contribution in [0, 0.1) is 11.8 Å². The molecule has 1 atom stereocenters. The van der Waals surface area contributed by atoms with Gasteiger partial charge in [-0.2, -0.15) is 0 Å².